The van der Waals surface area contributed by atoms with Crippen molar-refractivity contribution < 1.29 is 4.74 Å². The molecule has 0 spiro atoms. The van der Waals surface area contributed by atoms with E-state index in [4.69, 9.17) is 4.74 Å². The Kier molecular flexibility index (Phi) is 5.27. The van der Waals surface area contributed by atoms with Crippen molar-refractivity contribution in [2.24, 2.45) is 5.92 Å². The molecule has 1 fully saturated rings. The summed E-state index contributed by atoms with van der Waals surface area (Å²) >= 11 is 1.80. The summed E-state index contributed by atoms with van der Waals surface area (Å²) in [6.07, 6.45) is 6.80. The van der Waals surface area contributed by atoms with Crippen molar-refractivity contribution in [3.05, 3.63) is 66.7 Å². The zero-order valence-electron chi connectivity index (χ0n) is 14.5. The molecule has 0 unspecified atom stereocenters. The van der Waals surface area contributed by atoms with E-state index in [1.165, 1.54) is 52.7 Å². The maximum atomic E-state index is 6.00. The Morgan fingerprint density at radius 2 is 1.48 bits per heavy atom. The highest BCUT2D eigenvalue weighted by molar-refractivity contribution is 7.99. The molecule has 2 heteroatoms. The minimum Gasteiger partial charge on any atom is -0.493 e. The highest BCUT2D eigenvalue weighted by atomic mass is 32.2. The van der Waals surface area contributed by atoms with Crippen LogP contribution >= 0.6 is 11.8 Å². The van der Waals surface area contributed by atoms with Crippen molar-refractivity contribution in [3.8, 4) is 5.75 Å². The molecule has 25 heavy (non-hydrogen) atoms. The second-order valence-corrected chi connectivity index (χ2v) is 8.04. The third kappa shape index (κ3) is 4.38. The van der Waals surface area contributed by atoms with Crippen LogP contribution in [0.4, 0.5) is 0 Å². The number of fused-ring (bicyclic) bond motifs is 1. The van der Waals surface area contributed by atoms with Gasteiger partial charge in [-0.05, 0) is 65.9 Å². The fourth-order valence-electron chi connectivity index (χ4n) is 3.54. The lowest BCUT2D eigenvalue weighted by Crippen LogP contribution is -2.15. The molecule has 0 aromatic heterocycles. The van der Waals surface area contributed by atoms with E-state index in [-0.39, 0.29) is 0 Å². The number of ether oxygens (including phenoxy) is 1. The van der Waals surface area contributed by atoms with Crippen LogP contribution in [-0.4, -0.2) is 6.61 Å². The van der Waals surface area contributed by atoms with Gasteiger partial charge in [-0.2, -0.15) is 0 Å². The first-order valence-electron chi connectivity index (χ1n) is 9.26. The largest absolute Gasteiger partial charge is 0.493 e. The van der Waals surface area contributed by atoms with Crippen LogP contribution in [0.2, 0.25) is 0 Å². The second kappa shape index (κ2) is 7.97. The lowest BCUT2D eigenvalue weighted by Gasteiger charge is -2.21. The summed E-state index contributed by atoms with van der Waals surface area (Å²) < 4.78 is 6.00. The molecule has 4 rings (SSSR count). The predicted octanol–water partition coefficient (Wildman–Crippen LogP) is 6.95. The van der Waals surface area contributed by atoms with Crippen LogP contribution < -0.4 is 4.74 Å². The minimum atomic E-state index is 0.750. The Labute approximate surface area is 154 Å². The van der Waals surface area contributed by atoms with Crippen molar-refractivity contribution in [2.75, 3.05) is 6.61 Å². The smallest absolute Gasteiger partial charge is 0.119 e. The first-order chi connectivity index (χ1) is 12.4. The summed E-state index contributed by atoms with van der Waals surface area (Å²) in [5, 5.41) is 2.58. The third-order valence-corrected chi connectivity index (χ3v) is 5.99. The van der Waals surface area contributed by atoms with Gasteiger partial charge in [-0.3, -0.25) is 0 Å². The van der Waals surface area contributed by atoms with E-state index in [2.05, 4.69) is 66.7 Å². The first-order valence-corrected chi connectivity index (χ1v) is 10.1. The molecule has 0 atom stereocenters. The summed E-state index contributed by atoms with van der Waals surface area (Å²) in [4.78, 5) is 2.52. The van der Waals surface area contributed by atoms with Gasteiger partial charge in [-0.1, -0.05) is 61.4 Å². The maximum Gasteiger partial charge on any atom is 0.119 e. The van der Waals surface area contributed by atoms with E-state index >= 15 is 0 Å². The third-order valence-electron chi connectivity index (χ3n) is 4.99. The molecule has 0 radical (unpaired) electrons. The van der Waals surface area contributed by atoms with E-state index < -0.39 is 0 Å². The molecular formula is C23H24OS. The van der Waals surface area contributed by atoms with Crippen molar-refractivity contribution >= 4 is 22.5 Å². The fraction of sp³-hybridized carbons (Fsp3) is 0.304. The summed E-state index contributed by atoms with van der Waals surface area (Å²) in [5.74, 6) is 1.74. The van der Waals surface area contributed by atoms with Crippen LogP contribution in [0, 0.1) is 5.92 Å². The van der Waals surface area contributed by atoms with Gasteiger partial charge in [-0.15, -0.1) is 0 Å². The van der Waals surface area contributed by atoms with Gasteiger partial charge < -0.3 is 4.74 Å². The van der Waals surface area contributed by atoms with Gasteiger partial charge in [0.05, 0.1) is 6.61 Å². The van der Waals surface area contributed by atoms with Gasteiger partial charge in [0.15, 0.2) is 0 Å². The van der Waals surface area contributed by atoms with Gasteiger partial charge in [0.2, 0.25) is 0 Å². The van der Waals surface area contributed by atoms with Crippen LogP contribution in [0.1, 0.15) is 32.1 Å². The van der Waals surface area contributed by atoms with Crippen molar-refractivity contribution in [3.63, 3.8) is 0 Å². The minimum absolute atomic E-state index is 0.750. The molecule has 1 aliphatic carbocycles. The average molecular weight is 349 g/mol. The topological polar surface area (TPSA) is 9.23 Å². The molecule has 1 saturated carbocycles. The van der Waals surface area contributed by atoms with Gasteiger partial charge in [0, 0.05) is 9.79 Å². The monoisotopic (exact) mass is 348 g/mol. The van der Waals surface area contributed by atoms with Gasteiger partial charge in [0.25, 0.3) is 0 Å². The number of benzene rings is 3. The number of hydrogen-bond donors (Lipinski definition) is 0. The lowest BCUT2D eigenvalue weighted by molar-refractivity contribution is 0.209. The van der Waals surface area contributed by atoms with E-state index in [9.17, 15) is 0 Å². The summed E-state index contributed by atoms with van der Waals surface area (Å²) in [6, 6.07) is 23.7. The Balaban J connectivity index is 1.37. The molecule has 128 valence electrons. The molecule has 0 heterocycles. The highest BCUT2D eigenvalue weighted by Gasteiger charge is 2.13. The summed E-state index contributed by atoms with van der Waals surface area (Å²) in [5.41, 5.74) is 0. The first kappa shape index (κ1) is 16.5. The van der Waals surface area contributed by atoms with Gasteiger partial charge in [-0.25, -0.2) is 0 Å². The number of rotatable bonds is 5. The quantitative estimate of drug-likeness (QED) is 0.493. The van der Waals surface area contributed by atoms with Crippen LogP contribution in [-0.2, 0) is 0 Å². The molecular weight excluding hydrogens is 324 g/mol. The average Bonchev–Trinajstić information content (AvgIpc) is 2.68. The van der Waals surface area contributed by atoms with Crippen LogP contribution in [0.25, 0.3) is 10.8 Å². The lowest BCUT2D eigenvalue weighted by atomic mass is 9.90. The van der Waals surface area contributed by atoms with Crippen LogP contribution in [0.15, 0.2) is 76.5 Å². The van der Waals surface area contributed by atoms with Gasteiger partial charge >= 0.3 is 0 Å². The molecule has 0 saturated heterocycles. The maximum absolute atomic E-state index is 6.00. The molecule has 1 aliphatic rings. The molecule has 3 aromatic carbocycles. The SMILES string of the molecule is c1ccc2cc(Sc3ccc(OCC4CCCCC4)cc3)ccc2c1. The van der Waals surface area contributed by atoms with E-state index in [1.54, 1.807) is 11.8 Å². The molecule has 0 N–H and O–H groups in total. The van der Waals surface area contributed by atoms with E-state index in [0.717, 1.165) is 18.3 Å². The standard InChI is InChI=1S/C23H24OS/c1-2-6-18(7-3-1)17-24-21-11-14-22(15-12-21)25-23-13-10-19-8-4-5-9-20(19)16-23/h4-5,8-16,18H,1-3,6-7,17H2. The Morgan fingerprint density at radius 3 is 2.28 bits per heavy atom. The van der Waals surface area contributed by atoms with Crippen molar-refractivity contribution in [1.82, 2.24) is 0 Å². The Bertz CT molecular complexity index is 819. The Morgan fingerprint density at radius 1 is 0.760 bits per heavy atom. The summed E-state index contributed by atoms with van der Waals surface area (Å²) in [6.45, 7) is 0.872. The highest BCUT2D eigenvalue weighted by Crippen LogP contribution is 2.31. The molecule has 0 amide bonds. The van der Waals surface area contributed by atoms with Crippen molar-refractivity contribution in [1.29, 1.82) is 0 Å². The zero-order chi connectivity index (χ0) is 16.9. The van der Waals surface area contributed by atoms with Crippen LogP contribution in [0.5, 0.6) is 5.75 Å². The second-order valence-electron chi connectivity index (χ2n) is 6.90. The number of hydrogen-bond acceptors (Lipinski definition) is 2. The predicted molar refractivity (Wildman–Crippen MR) is 107 cm³/mol. The fourth-order valence-corrected chi connectivity index (χ4v) is 4.41. The van der Waals surface area contributed by atoms with Crippen molar-refractivity contribution in [2.45, 2.75) is 41.9 Å². The van der Waals surface area contributed by atoms with Gasteiger partial charge in [0.1, 0.15) is 5.75 Å². The molecule has 0 aliphatic heterocycles. The van der Waals surface area contributed by atoms with Crippen LogP contribution in [0.3, 0.4) is 0 Å². The Hall–Kier alpha value is -1.93. The normalized spacial score (nSPS) is 15.4. The molecule has 1 nitrogen and oxygen atoms in total. The zero-order valence-corrected chi connectivity index (χ0v) is 15.3. The van der Waals surface area contributed by atoms with E-state index in [0.29, 0.717) is 0 Å². The summed E-state index contributed by atoms with van der Waals surface area (Å²) in [7, 11) is 0. The molecule has 0 bridgehead atoms. The van der Waals surface area contributed by atoms with E-state index in [1.807, 2.05) is 0 Å². The molecule has 3 aromatic rings.